The van der Waals surface area contributed by atoms with Crippen molar-refractivity contribution >= 4 is 22.9 Å². The fraction of sp³-hybridized carbons (Fsp3) is 0.125. The van der Waals surface area contributed by atoms with Gasteiger partial charge < -0.3 is 10.3 Å². The third-order valence-electron chi connectivity index (χ3n) is 3.27. The number of carbonyl (C=O) groups excluding carboxylic acids is 1. The zero-order chi connectivity index (χ0) is 14.7. The van der Waals surface area contributed by atoms with Crippen LogP contribution < -0.4 is 5.73 Å². The van der Waals surface area contributed by atoms with E-state index in [-0.39, 0.29) is 5.57 Å². The highest BCUT2D eigenvalue weighted by molar-refractivity contribution is 6.03. The third-order valence-corrected chi connectivity index (χ3v) is 3.27. The Morgan fingerprint density at radius 3 is 2.80 bits per heavy atom. The summed E-state index contributed by atoms with van der Waals surface area (Å²) in [5.41, 5.74) is 8.01. The molecular formula is C16H15N3O. The minimum absolute atomic E-state index is 0.0467. The van der Waals surface area contributed by atoms with Crippen molar-refractivity contribution in [2.24, 2.45) is 5.73 Å². The summed E-state index contributed by atoms with van der Waals surface area (Å²) >= 11 is 0. The molecule has 0 spiro atoms. The molecule has 0 fully saturated rings. The van der Waals surface area contributed by atoms with E-state index in [9.17, 15) is 4.79 Å². The van der Waals surface area contributed by atoms with Gasteiger partial charge in [-0.1, -0.05) is 24.3 Å². The molecule has 0 atom stereocenters. The number of allylic oxidation sites excluding steroid dienone is 1. The Balaban J connectivity index is 2.77. The molecule has 0 bridgehead atoms. The maximum absolute atomic E-state index is 11.2. The number of hydrogen-bond acceptors (Lipinski definition) is 2. The van der Waals surface area contributed by atoms with Gasteiger partial charge in [-0.15, -0.1) is 6.58 Å². The highest BCUT2D eigenvalue weighted by atomic mass is 16.1. The molecule has 1 heterocycles. The summed E-state index contributed by atoms with van der Waals surface area (Å²) in [5.74, 6) is -0.715. The fourth-order valence-corrected chi connectivity index (χ4v) is 2.31. The first-order valence-electron chi connectivity index (χ1n) is 6.20. The van der Waals surface area contributed by atoms with Crippen LogP contribution in [0.4, 0.5) is 0 Å². The van der Waals surface area contributed by atoms with Crippen LogP contribution in [-0.2, 0) is 11.3 Å². The number of nitrogens with zero attached hydrogens (tertiary/aromatic N) is 2. The van der Waals surface area contributed by atoms with Gasteiger partial charge in [0.25, 0.3) is 5.91 Å². The number of primary amides is 1. The molecule has 20 heavy (non-hydrogen) atoms. The van der Waals surface area contributed by atoms with Gasteiger partial charge in [0.2, 0.25) is 0 Å². The standard InChI is InChI=1S/C16H15N3O/c1-3-8-19-11(2)14(9-12(10-17)16(18)20)13-6-4-5-7-15(13)19/h3-7,9H,1,8H2,2H3,(H2,18,20)/b12-9-. The van der Waals surface area contributed by atoms with Crippen molar-refractivity contribution in [3.05, 3.63) is 53.8 Å². The lowest BCUT2D eigenvalue weighted by Gasteiger charge is -2.04. The molecule has 1 amide bonds. The van der Waals surface area contributed by atoms with Gasteiger partial charge in [0, 0.05) is 28.7 Å². The topological polar surface area (TPSA) is 71.8 Å². The van der Waals surface area contributed by atoms with Crippen LogP contribution in [0.3, 0.4) is 0 Å². The van der Waals surface area contributed by atoms with Gasteiger partial charge in [-0.25, -0.2) is 0 Å². The second kappa shape index (κ2) is 5.45. The van der Waals surface area contributed by atoms with E-state index in [0.717, 1.165) is 22.2 Å². The number of nitriles is 1. The zero-order valence-electron chi connectivity index (χ0n) is 11.3. The van der Waals surface area contributed by atoms with Crippen LogP contribution in [0.15, 0.2) is 42.5 Å². The van der Waals surface area contributed by atoms with Crippen molar-refractivity contribution in [2.45, 2.75) is 13.5 Å². The Labute approximate surface area is 117 Å². The largest absolute Gasteiger partial charge is 0.365 e. The lowest BCUT2D eigenvalue weighted by molar-refractivity contribution is -0.114. The van der Waals surface area contributed by atoms with E-state index in [1.807, 2.05) is 43.3 Å². The molecule has 0 aliphatic rings. The first kappa shape index (κ1) is 13.6. The molecule has 4 nitrogen and oxygen atoms in total. The Bertz CT molecular complexity index is 760. The van der Waals surface area contributed by atoms with Crippen LogP contribution in [0.5, 0.6) is 0 Å². The van der Waals surface area contributed by atoms with Gasteiger partial charge in [0.05, 0.1) is 0 Å². The molecule has 0 unspecified atom stereocenters. The smallest absolute Gasteiger partial charge is 0.259 e. The number of para-hydroxylation sites is 1. The maximum atomic E-state index is 11.2. The minimum atomic E-state index is -0.715. The van der Waals surface area contributed by atoms with Crippen LogP contribution in [0, 0.1) is 18.3 Å². The number of nitrogens with two attached hydrogens (primary N) is 1. The number of aromatic nitrogens is 1. The van der Waals surface area contributed by atoms with E-state index in [0.29, 0.717) is 6.54 Å². The zero-order valence-corrected chi connectivity index (χ0v) is 11.3. The second-order valence-corrected chi connectivity index (χ2v) is 4.45. The van der Waals surface area contributed by atoms with Crippen LogP contribution in [0.2, 0.25) is 0 Å². The molecule has 1 aromatic heterocycles. The number of hydrogen-bond donors (Lipinski definition) is 1. The minimum Gasteiger partial charge on any atom is -0.365 e. The SMILES string of the molecule is C=CCn1c(C)c(/C=C(/C#N)C(N)=O)c2ccccc21. The molecule has 0 saturated carbocycles. The Kier molecular flexibility index (Phi) is 3.72. The number of fused-ring (bicyclic) bond motifs is 1. The normalized spacial score (nSPS) is 11.3. The molecule has 1 aromatic carbocycles. The molecule has 0 radical (unpaired) electrons. The third kappa shape index (κ3) is 2.21. The van der Waals surface area contributed by atoms with Gasteiger partial charge in [0.1, 0.15) is 11.6 Å². The lowest BCUT2D eigenvalue weighted by Crippen LogP contribution is -2.12. The van der Waals surface area contributed by atoms with Crippen molar-refractivity contribution < 1.29 is 4.79 Å². The van der Waals surface area contributed by atoms with Gasteiger partial charge in [-0.05, 0) is 19.1 Å². The summed E-state index contributed by atoms with van der Waals surface area (Å²) in [7, 11) is 0. The van der Waals surface area contributed by atoms with E-state index in [1.54, 1.807) is 6.08 Å². The number of carbonyl (C=O) groups is 1. The van der Waals surface area contributed by atoms with Crippen LogP contribution in [0.25, 0.3) is 17.0 Å². The van der Waals surface area contributed by atoms with Gasteiger partial charge >= 0.3 is 0 Å². The van der Waals surface area contributed by atoms with Gasteiger partial charge in [-0.2, -0.15) is 5.26 Å². The molecule has 0 aliphatic carbocycles. The average molecular weight is 265 g/mol. The van der Waals surface area contributed by atoms with E-state index >= 15 is 0 Å². The average Bonchev–Trinajstić information content (AvgIpc) is 2.70. The molecule has 2 N–H and O–H groups in total. The monoisotopic (exact) mass is 265 g/mol. The van der Waals surface area contributed by atoms with Crippen molar-refractivity contribution in [2.75, 3.05) is 0 Å². The Morgan fingerprint density at radius 2 is 2.20 bits per heavy atom. The summed E-state index contributed by atoms with van der Waals surface area (Å²) in [6.07, 6.45) is 3.37. The van der Waals surface area contributed by atoms with Crippen molar-refractivity contribution in [3.63, 3.8) is 0 Å². The summed E-state index contributed by atoms with van der Waals surface area (Å²) in [5, 5.41) is 9.98. The van der Waals surface area contributed by atoms with Gasteiger partial charge in [-0.3, -0.25) is 4.79 Å². The van der Waals surface area contributed by atoms with Crippen molar-refractivity contribution in [1.82, 2.24) is 4.57 Å². The number of amides is 1. The summed E-state index contributed by atoms with van der Waals surface area (Å²) < 4.78 is 2.09. The first-order valence-corrected chi connectivity index (χ1v) is 6.20. The van der Waals surface area contributed by atoms with Crippen molar-refractivity contribution in [1.29, 1.82) is 5.26 Å². The van der Waals surface area contributed by atoms with Crippen LogP contribution >= 0.6 is 0 Å². The van der Waals surface area contributed by atoms with Crippen LogP contribution in [0.1, 0.15) is 11.3 Å². The summed E-state index contributed by atoms with van der Waals surface area (Å²) in [6.45, 7) is 6.37. The van der Waals surface area contributed by atoms with Crippen molar-refractivity contribution in [3.8, 4) is 6.07 Å². The molecule has 100 valence electrons. The molecule has 2 aromatic rings. The molecule has 2 rings (SSSR count). The highest BCUT2D eigenvalue weighted by Gasteiger charge is 2.13. The number of rotatable bonds is 4. The molecule has 0 saturated heterocycles. The Hall–Kier alpha value is -2.80. The fourth-order valence-electron chi connectivity index (χ4n) is 2.31. The number of benzene rings is 1. The maximum Gasteiger partial charge on any atom is 0.259 e. The van der Waals surface area contributed by atoms with E-state index < -0.39 is 5.91 Å². The van der Waals surface area contributed by atoms with E-state index in [2.05, 4.69) is 11.1 Å². The molecule has 4 heteroatoms. The summed E-state index contributed by atoms with van der Waals surface area (Å²) in [4.78, 5) is 11.2. The van der Waals surface area contributed by atoms with Crippen LogP contribution in [-0.4, -0.2) is 10.5 Å². The predicted molar refractivity (Wildman–Crippen MR) is 79.7 cm³/mol. The Morgan fingerprint density at radius 1 is 1.50 bits per heavy atom. The lowest BCUT2D eigenvalue weighted by atomic mass is 10.1. The van der Waals surface area contributed by atoms with E-state index in [4.69, 9.17) is 11.0 Å². The predicted octanol–water partition coefficient (Wildman–Crippen LogP) is 2.53. The van der Waals surface area contributed by atoms with E-state index in [1.165, 1.54) is 0 Å². The van der Waals surface area contributed by atoms with Gasteiger partial charge in [0.15, 0.2) is 0 Å². The second-order valence-electron chi connectivity index (χ2n) is 4.45. The molecule has 0 aliphatic heterocycles. The summed E-state index contributed by atoms with van der Waals surface area (Å²) in [6, 6.07) is 9.68. The molecular weight excluding hydrogens is 250 g/mol. The highest BCUT2D eigenvalue weighted by Crippen LogP contribution is 2.27. The quantitative estimate of drug-likeness (QED) is 0.524. The first-order chi connectivity index (χ1) is 9.60.